The van der Waals surface area contributed by atoms with Gasteiger partial charge in [-0.2, -0.15) is 0 Å². The van der Waals surface area contributed by atoms with E-state index in [1.165, 1.54) is 154 Å². The molecule has 0 heterocycles. The molecule has 8 atom stereocenters. The number of hydrogen-bond donors (Lipinski definition) is 6. The number of phosphoric acid groups is 1. The number of unbranched alkanes of at least 4 members (excludes halogenated alkanes) is 29. The lowest BCUT2D eigenvalue weighted by Gasteiger charge is -2.41. The van der Waals surface area contributed by atoms with E-state index in [1.807, 2.05) is 0 Å². The van der Waals surface area contributed by atoms with E-state index in [4.69, 9.17) is 18.5 Å². The minimum Gasteiger partial charge on any atom is -0.462 e. The third kappa shape index (κ3) is 33.8. The van der Waals surface area contributed by atoms with E-state index in [1.54, 1.807) is 0 Å². The van der Waals surface area contributed by atoms with Gasteiger partial charge in [-0.05, 0) is 44.9 Å². The normalized spacial score (nSPS) is 21.4. The number of carbonyl (C=O) groups is 2. The fraction of sp³-hybridized carbons (Fsp3) is 0.885. The molecule has 0 aromatic carbocycles. The van der Waals surface area contributed by atoms with Crippen molar-refractivity contribution in [2.24, 2.45) is 0 Å². The fourth-order valence-electron chi connectivity index (χ4n) is 8.26. The smallest absolute Gasteiger partial charge is 0.462 e. The topological polar surface area (TPSA) is 210 Å². The van der Waals surface area contributed by atoms with Crippen molar-refractivity contribution in [3.05, 3.63) is 24.3 Å². The number of rotatable bonds is 45. The van der Waals surface area contributed by atoms with Crippen LogP contribution in [-0.4, -0.2) is 98.3 Å². The number of aliphatic hydroxyl groups is 5. The summed E-state index contributed by atoms with van der Waals surface area (Å²) in [5.41, 5.74) is 0. The Bertz CT molecular complexity index is 1250. The molecule has 0 spiro atoms. The second-order valence-corrected chi connectivity index (χ2v) is 20.1. The monoisotopic (exact) mass is 961 g/mol. The summed E-state index contributed by atoms with van der Waals surface area (Å²) in [6, 6.07) is 0. The molecule has 1 fully saturated rings. The molecule has 66 heavy (non-hydrogen) atoms. The van der Waals surface area contributed by atoms with Crippen LogP contribution in [-0.2, 0) is 32.7 Å². The molecular formula is C52H97O13P. The molecule has 14 heteroatoms. The molecule has 1 aliphatic rings. The van der Waals surface area contributed by atoms with Crippen molar-refractivity contribution >= 4 is 19.8 Å². The van der Waals surface area contributed by atoms with E-state index < -0.39 is 75.7 Å². The third-order valence-electron chi connectivity index (χ3n) is 12.5. The van der Waals surface area contributed by atoms with E-state index in [2.05, 4.69) is 38.2 Å². The Hall–Kier alpha value is -1.67. The van der Waals surface area contributed by atoms with Gasteiger partial charge in [0, 0.05) is 12.8 Å². The summed E-state index contributed by atoms with van der Waals surface area (Å²) in [5, 5.41) is 50.3. The lowest BCUT2D eigenvalue weighted by atomic mass is 9.85. The Morgan fingerprint density at radius 2 is 0.818 bits per heavy atom. The lowest BCUT2D eigenvalue weighted by molar-refractivity contribution is -0.220. The summed E-state index contributed by atoms with van der Waals surface area (Å²) in [6.07, 6.45) is 35.2. The Labute approximate surface area is 400 Å². The highest BCUT2D eigenvalue weighted by molar-refractivity contribution is 7.47. The van der Waals surface area contributed by atoms with Crippen molar-refractivity contribution in [3.8, 4) is 0 Å². The van der Waals surface area contributed by atoms with Crippen molar-refractivity contribution in [1.82, 2.24) is 0 Å². The van der Waals surface area contributed by atoms with Crippen LogP contribution in [0, 0.1) is 0 Å². The third-order valence-corrected chi connectivity index (χ3v) is 13.5. The first-order valence-corrected chi connectivity index (χ1v) is 28.1. The number of hydrogen-bond acceptors (Lipinski definition) is 12. The number of aliphatic hydroxyl groups excluding tert-OH is 5. The number of esters is 2. The molecule has 1 rings (SSSR count). The van der Waals surface area contributed by atoms with E-state index in [0.29, 0.717) is 12.8 Å². The van der Waals surface area contributed by atoms with Gasteiger partial charge < -0.3 is 39.9 Å². The van der Waals surface area contributed by atoms with Crippen LogP contribution in [0.5, 0.6) is 0 Å². The predicted molar refractivity (Wildman–Crippen MR) is 263 cm³/mol. The van der Waals surface area contributed by atoms with Crippen LogP contribution in [0.25, 0.3) is 0 Å². The summed E-state index contributed by atoms with van der Waals surface area (Å²) in [6.45, 7) is 3.30. The van der Waals surface area contributed by atoms with Crippen LogP contribution in [0.3, 0.4) is 0 Å². The van der Waals surface area contributed by atoms with E-state index in [9.17, 15) is 44.6 Å². The average molecular weight is 961 g/mol. The summed E-state index contributed by atoms with van der Waals surface area (Å²) in [4.78, 5) is 35.8. The summed E-state index contributed by atoms with van der Waals surface area (Å²) < 4.78 is 33.6. The lowest BCUT2D eigenvalue weighted by Crippen LogP contribution is -2.64. The molecule has 13 nitrogen and oxygen atoms in total. The number of carbonyl (C=O) groups excluding carboxylic acids is 2. The predicted octanol–water partition coefficient (Wildman–Crippen LogP) is 11.6. The molecule has 1 saturated carbocycles. The molecule has 6 unspecified atom stereocenters. The molecule has 0 aromatic rings. The van der Waals surface area contributed by atoms with Gasteiger partial charge in [0.1, 0.15) is 43.2 Å². The highest BCUT2D eigenvalue weighted by Crippen LogP contribution is 2.47. The van der Waals surface area contributed by atoms with Gasteiger partial charge in [-0.1, -0.05) is 205 Å². The first-order valence-electron chi connectivity index (χ1n) is 26.6. The standard InChI is InChI=1S/C52H97O13P/c1-3-5-7-9-11-13-15-17-19-20-21-22-23-24-25-27-28-30-32-34-36-38-40-45(53)62-42-44(43-63-66(60,61)65-52-50(58)48(56)47(55)49(57)51(52)59)64-46(54)41-39-37-35-33-31-29-26-18-16-14-12-10-8-6-4-2/h18,26,31,33,44,47-52,55-59H,3-17,19-25,27-30,32,34-43H2,1-2H3,(H,60,61)/b26-18+,33-31+/t44-,47?,48-,49?,50?,51?,52?/m0/s1. The van der Waals surface area contributed by atoms with Gasteiger partial charge in [0.2, 0.25) is 0 Å². The van der Waals surface area contributed by atoms with Crippen molar-refractivity contribution < 1.29 is 63.1 Å². The van der Waals surface area contributed by atoms with Crippen LogP contribution < -0.4 is 0 Å². The quantitative estimate of drug-likeness (QED) is 0.0145. The molecule has 0 radical (unpaired) electrons. The minimum absolute atomic E-state index is 0.0573. The summed E-state index contributed by atoms with van der Waals surface area (Å²) in [7, 11) is -5.13. The number of allylic oxidation sites excluding steroid dienone is 4. The zero-order chi connectivity index (χ0) is 48.5. The van der Waals surface area contributed by atoms with Gasteiger partial charge >= 0.3 is 19.8 Å². The first-order chi connectivity index (χ1) is 31.9. The second-order valence-electron chi connectivity index (χ2n) is 18.7. The molecule has 6 N–H and O–H groups in total. The van der Waals surface area contributed by atoms with E-state index >= 15 is 0 Å². The van der Waals surface area contributed by atoms with Crippen molar-refractivity contribution in [2.75, 3.05) is 13.2 Å². The SMILES string of the molecule is CCCCCCCC/C=C/C/C=C/CCCCC(=O)O[C@@H](COC(=O)CCCCCCCCCCCCCCCCCCCCCCCC)COP(=O)(O)OC1C(O)C(O)C(O)[C@H](O)C1O. The zero-order valence-corrected chi connectivity index (χ0v) is 42.4. The summed E-state index contributed by atoms with van der Waals surface area (Å²) >= 11 is 0. The summed E-state index contributed by atoms with van der Waals surface area (Å²) in [5.74, 6) is -1.13. The van der Waals surface area contributed by atoms with Gasteiger partial charge in [0.15, 0.2) is 6.10 Å². The van der Waals surface area contributed by atoms with Crippen LogP contribution in [0.2, 0.25) is 0 Å². The molecule has 388 valence electrons. The maximum absolute atomic E-state index is 12.8. The van der Waals surface area contributed by atoms with E-state index in [0.717, 1.165) is 44.9 Å². The van der Waals surface area contributed by atoms with Crippen LogP contribution in [0.1, 0.15) is 239 Å². The maximum atomic E-state index is 12.8. The second kappa shape index (κ2) is 42.2. The van der Waals surface area contributed by atoms with Gasteiger partial charge in [-0.15, -0.1) is 0 Å². The largest absolute Gasteiger partial charge is 0.472 e. The molecule has 1 aliphatic carbocycles. The van der Waals surface area contributed by atoms with Crippen LogP contribution in [0.4, 0.5) is 0 Å². The van der Waals surface area contributed by atoms with E-state index in [-0.39, 0.29) is 12.8 Å². The minimum atomic E-state index is -5.13. The maximum Gasteiger partial charge on any atom is 0.472 e. The van der Waals surface area contributed by atoms with Gasteiger partial charge in [0.25, 0.3) is 0 Å². The molecule has 0 aliphatic heterocycles. The Kier molecular flexibility index (Phi) is 39.9. The Balaban J connectivity index is 2.36. The molecule has 0 amide bonds. The van der Waals surface area contributed by atoms with Crippen molar-refractivity contribution in [2.45, 2.75) is 281 Å². The number of ether oxygens (including phenoxy) is 2. The zero-order valence-electron chi connectivity index (χ0n) is 41.5. The Morgan fingerprint density at radius 3 is 1.26 bits per heavy atom. The number of phosphoric ester groups is 1. The fourth-order valence-corrected chi connectivity index (χ4v) is 9.23. The van der Waals surface area contributed by atoms with Crippen molar-refractivity contribution in [1.29, 1.82) is 0 Å². The Morgan fingerprint density at radius 1 is 0.470 bits per heavy atom. The average Bonchev–Trinajstić information content (AvgIpc) is 3.30. The van der Waals surface area contributed by atoms with Crippen molar-refractivity contribution in [3.63, 3.8) is 0 Å². The highest BCUT2D eigenvalue weighted by atomic mass is 31.2. The molecule has 0 aromatic heterocycles. The molecule has 0 bridgehead atoms. The highest BCUT2D eigenvalue weighted by Gasteiger charge is 2.51. The van der Waals surface area contributed by atoms with Crippen LogP contribution >= 0.6 is 7.82 Å². The van der Waals surface area contributed by atoms with Gasteiger partial charge in [-0.25, -0.2) is 4.57 Å². The molecular weight excluding hydrogens is 864 g/mol. The van der Waals surface area contributed by atoms with Crippen LogP contribution in [0.15, 0.2) is 24.3 Å². The van der Waals surface area contributed by atoms with Gasteiger partial charge in [0.05, 0.1) is 6.61 Å². The first kappa shape index (κ1) is 62.3. The van der Waals surface area contributed by atoms with Gasteiger partial charge in [-0.3, -0.25) is 18.6 Å². The molecule has 0 saturated heterocycles.